The molecule has 0 heterocycles. The molecule has 0 aromatic rings. The number of rotatable bonds is 4. The van der Waals surface area contributed by atoms with E-state index in [0.717, 1.165) is 12.8 Å². The van der Waals surface area contributed by atoms with Gasteiger partial charge in [-0.3, -0.25) is 10.1 Å². The Hall–Kier alpha value is 0.836. The number of nitrogens with zero attached hydrogens (tertiary/aromatic N) is 2. The Balaban J connectivity index is 0. The minimum Gasteiger partial charge on any atom is -0.379 e. The van der Waals surface area contributed by atoms with Crippen molar-refractivity contribution >= 4 is 0 Å². The van der Waals surface area contributed by atoms with Gasteiger partial charge in [0.05, 0.1) is 0 Å². The van der Waals surface area contributed by atoms with Crippen LogP contribution in [0, 0.1) is 10.1 Å². The van der Waals surface area contributed by atoms with Crippen LogP contribution in [-0.4, -0.2) is 11.6 Å². The van der Waals surface area contributed by atoms with E-state index in [2.05, 4.69) is 5.43 Å². The summed E-state index contributed by atoms with van der Waals surface area (Å²) in [6.07, 6.45) is 1.76. The van der Waals surface area contributed by atoms with Crippen molar-refractivity contribution in [3.63, 3.8) is 0 Å². The Morgan fingerprint density at radius 3 is 2.56 bits per heavy atom. The summed E-state index contributed by atoms with van der Waals surface area (Å²) >= 11 is 0. The molecule has 0 unspecified atom stereocenters. The van der Waals surface area contributed by atoms with E-state index in [1.54, 1.807) is 0 Å². The van der Waals surface area contributed by atoms with Gasteiger partial charge in [-0.05, 0) is 5.03 Å². The van der Waals surface area contributed by atoms with Crippen molar-refractivity contribution in [2.24, 2.45) is 0 Å². The Kier molecular flexibility index (Phi) is 12.3. The summed E-state index contributed by atoms with van der Waals surface area (Å²) in [6.45, 7) is 2.32. The molecule has 0 rings (SSSR count). The number of hydrogen-bond acceptors (Lipinski definition) is 2. The molecule has 9 heavy (non-hydrogen) atoms. The average molecular weight is 156 g/mol. The summed E-state index contributed by atoms with van der Waals surface area (Å²) in [7, 11) is 0. The van der Waals surface area contributed by atoms with Gasteiger partial charge < -0.3 is 5.43 Å². The van der Waals surface area contributed by atoms with Crippen molar-refractivity contribution < 1.29 is 56.4 Å². The Morgan fingerprint density at radius 1 is 1.67 bits per heavy atom. The molecule has 0 N–H and O–H groups in total. The van der Waals surface area contributed by atoms with Gasteiger partial charge in [0, 0.05) is 0 Å². The van der Waals surface area contributed by atoms with Gasteiger partial charge in [0.1, 0.15) is 0 Å². The zero-order valence-electron chi connectivity index (χ0n) is 5.83. The molecule has 0 radical (unpaired) electrons. The van der Waals surface area contributed by atoms with Crippen LogP contribution in [0.2, 0.25) is 0 Å². The fourth-order valence-corrected chi connectivity index (χ4v) is 0.310. The minimum absolute atomic E-state index is 0. The van der Waals surface area contributed by atoms with Gasteiger partial charge in [-0.2, -0.15) is 0 Å². The molecule has 0 aromatic heterocycles. The first-order chi connectivity index (χ1) is 3.77. The maximum atomic E-state index is 9.51. The monoisotopic (exact) mass is 156 g/mol. The van der Waals surface area contributed by atoms with E-state index in [4.69, 9.17) is 0 Å². The van der Waals surface area contributed by atoms with Crippen molar-refractivity contribution in [3.8, 4) is 0 Å². The Bertz CT molecular complexity index is 79.0. The first kappa shape index (κ1) is 12.5. The molecule has 0 aliphatic heterocycles. The SMILES string of the molecule is CCCC[N-][N+](=O)[O-].[K+]. The zero-order valence-corrected chi connectivity index (χ0v) is 8.96. The molecule has 0 aromatic carbocycles. The Morgan fingerprint density at radius 2 is 2.22 bits per heavy atom. The molecular formula is C4H9KN2O2. The molecule has 0 aliphatic rings. The van der Waals surface area contributed by atoms with Gasteiger partial charge in [-0.25, -0.2) is 0 Å². The molecular weight excluding hydrogens is 147 g/mol. The largest absolute Gasteiger partial charge is 1.00 e. The van der Waals surface area contributed by atoms with E-state index in [1.807, 2.05) is 6.92 Å². The van der Waals surface area contributed by atoms with E-state index in [9.17, 15) is 10.1 Å². The average Bonchev–Trinajstić information content (AvgIpc) is 1.66. The molecule has 0 amide bonds. The van der Waals surface area contributed by atoms with Crippen molar-refractivity contribution in [2.45, 2.75) is 19.8 Å². The third-order valence-corrected chi connectivity index (χ3v) is 0.727. The maximum Gasteiger partial charge on any atom is 1.00 e. The second-order valence-corrected chi connectivity index (χ2v) is 1.46. The van der Waals surface area contributed by atoms with Crippen LogP contribution < -0.4 is 51.4 Å². The molecule has 0 bridgehead atoms. The molecule has 5 heteroatoms. The minimum atomic E-state index is -0.643. The number of hydrogen-bond donors (Lipinski definition) is 0. The van der Waals surface area contributed by atoms with E-state index < -0.39 is 5.03 Å². The van der Waals surface area contributed by atoms with Gasteiger partial charge in [0.2, 0.25) is 0 Å². The number of unbranched alkanes of at least 4 members (excludes halogenated alkanes) is 1. The molecule has 0 saturated carbocycles. The predicted molar refractivity (Wildman–Crippen MR) is 30.1 cm³/mol. The van der Waals surface area contributed by atoms with Crippen molar-refractivity contribution in [2.75, 3.05) is 6.54 Å². The van der Waals surface area contributed by atoms with E-state index >= 15 is 0 Å². The second-order valence-electron chi connectivity index (χ2n) is 1.46. The standard InChI is InChI=1S/C4H9N2O2.K/c1-2-3-4-5-6(7)8;/h2-4H2,1H3;/q-1;+1. The summed E-state index contributed by atoms with van der Waals surface area (Å²) in [5.41, 5.74) is 3.04. The molecule has 0 spiro atoms. The van der Waals surface area contributed by atoms with Crippen molar-refractivity contribution in [3.05, 3.63) is 15.5 Å². The normalized spacial score (nSPS) is 7.67. The second kappa shape index (κ2) is 8.84. The van der Waals surface area contributed by atoms with E-state index in [-0.39, 0.29) is 51.4 Å². The van der Waals surface area contributed by atoms with Gasteiger partial charge in [-0.15, -0.1) is 0 Å². The van der Waals surface area contributed by atoms with Crippen LogP contribution in [-0.2, 0) is 0 Å². The van der Waals surface area contributed by atoms with Crippen LogP contribution in [0.1, 0.15) is 19.8 Å². The molecule has 48 valence electrons. The predicted octanol–water partition coefficient (Wildman–Crippen LogP) is -1.64. The van der Waals surface area contributed by atoms with Gasteiger partial charge in [0.25, 0.3) is 0 Å². The summed E-state index contributed by atoms with van der Waals surface area (Å²) in [6, 6.07) is 0. The van der Waals surface area contributed by atoms with Crippen molar-refractivity contribution in [1.82, 2.24) is 0 Å². The van der Waals surface area contributed by atoms with Gasteiger partial charge in [-0.1, -0.05) is 26.3 Å². The summed E-state index contributed by atoms with van der Waals surface area (Å²) in [5.74, 6) is 0. The Labute approximate surface area is 96.9 Å². The van der Waals surface area contributed by atoms with Gasteiger partial charge >= 0.3 is 51.4 Å². The molecule has 0 saturated heterocycles. The summed E-state index contributed by atoms with van der Waals surface area (Å²) in [4.78, 5) is 9.51. The zero-order chi connectivity index (χ0) is 6.41. The molecule has 4 nitrogen and oxygen atoms in total. The van der Waals surface area contributed by atoms with Crippen LogP contribution in [0.4, 0.5) is 0 Å². The van der Waals surface area contributed by atoms with Crippen LogP contribution in [0.15, 0.2) is 0 Å². The van der Waals surface area contributed by atoms with E-state index in [1.165, 1.54) is 0 Å². The fraction of sp³-hybridized carbons (Fsp3) is 1.00. The van der Waals surface area contributed by atoms with Crippen LogP contribution >= 0.6 is 0 Å². The molecule has 0 aliphatic carbocycles. The molecule has 0 atom stereocenters. The van der Waals surface area contributed by atoms with Crippen LogP contribution in [0.25, 0.3) is 5.43 Å². The van der Waals surface area contributed by atoms with Crippen molar-refractivity contribution in [1.29, 1.82) is 0 Å². The van der Waals surface area contributed by atoms with E-state index in [0.29, 0.717) is 6.54 Å². The third kappa shape index (κ3) is 12.1. The van der Waals surface area contributed by atoms with Gasteiger partial charge in [0.15, 0.2) is 0 Å². The van der Waals surface area contributed by atoms with Crippen LogP contribution in [0.5, 0.6) is 0 Å². The first-order valence-corrected chi connectivity index (χ1v) is 2.59. The number of nitro groups is 1. The van der Waals surface area contributed by atoms with Crippen LogP contribution in [0.3, 0.4) is 0 Å². The fourth-order valence-electron chi connectivity index (χ4n) is 0.310. The topological polar surface area (TPSA) is 57.2 Å². The smallest absolute Gasteiger partial charge is 0.379 e. The third-order valence-electron chi connectivity index (χ3n) is 0.727. The molecule has 0 fully saturated rings. The maximum absolute atomic E-state index is 9.51. The summed E-state index contributed by atoms with van der Waals surface area (Å²) in [5, 5.41) is 8.87. The summed E-state index contributed by atoms with van der Waals surface area (Å²) < 4.78 is 0. The quantitative estimate of drug-likeness (QED) is 0.212. The first-order valence-electron chi connectivity index (χ1n) is 2.59.